The van der Waals surface area contributed by atoms with E-state index in [0.29, 0.717) is 28.6 Å². The van der Waals surface area contributed by atoms with Crippen molar-refractivity contribution >= 4 is 22.7 Å². The molecule has 2 aromatic rings. The molecule has 1 fully saturated rings. The van der Waals surface area contributed by atoms with Gasteiger partial charge in [0.1, 0.15) is 18.7 Å². The first-order valence-corrected chi connectivity index (χ1v) is 6.75. The molecule has 0 atom stereocenters. The Bertz CT molecular complexity index is 692. The number of alkyl halides is 3. The second kappa shape index (κ2) is 5.60. The minimum atomic E-state index is -4.45. The van der Waals surface area contributed by atoms with Crippen LogP contribution in [-0.2, 0) is 9.53 Å². The maximum atomic E-state index is 11.9. The summed E-state index contributed by atoms with van der Waals surface area (Å²) in [5.41, 5.74) is 1.65. The van der Waals surface area contributed by atoms with Crippen LogP contribution in [0.15, 0.2) is 22.6 Å². The molecule has 1 aromatic heterocycles. The third kappa shape index (κ3) is 3.76. The third-order valence-corrected chi connectivity index (χ3v) is 3.11. The molecule has 0 unspecified atom stereocenters. The number of anilines is 1. The second-order valence-electron chi connectivity index (χ2n) is 5.17. The Morgan fingerprint density at radius 1 is 1.41 bits per heavy atom. The van der Waals surface area contributed by atoms with Crippen molar-refractivity contribution in [2.24, 2.45) is 0 Å². The highest BCUT2D eigenvalue weighted by Gasteiger charge is 2.29. The predicted octanol–water partition coefficient (Wildman–Crippen LogP) is 3.22. The average Bonchev–Trinajstić information content (AvgIpc) is 3.17. The first-order valence-electron chi connectivity index (χ1n) is 6.75. The summed E-state index contributed by atoms with van der Waals surface area (Å²) in [7, 11) is 0. The van der Waals surface area contributed by atoms with Crippen LogP contribution in [0, 0.1) is 0 Å². The van der Waals surface area contributed by atoms with Crippen LogP contribution in [0.2, 0.25) is 0 Å². The van der Waals surface area contributed by atoms with Crippen LogP contribution in [0.1, 0.15) is 24.7 Å². The Kier molecular flexibility index (Phi) is 3.78. The van der Waals surface area contributed by atoms with E-state index in [1.54, 1.807) is 18.2 Å². The predicted molar refractivity (Wildman–Crippen MR) is 71.5 cm³/mol. The molecule has 0 aliphatic heterocycles. The number of rotatable bonds is 5. The first kappa shape index (κ1) is 14.8. The first-order chi connectivity index (χ1) is 10.4. The van der Waals surface area contributed by atoms with E-state index in [0.717, 1.165) is 12.8 Å². The van der Waals surface area contributed by atoms with Crippen LogP contribution in [0.25, 0.3) is 11.1 Å². The zero-order valence-corrected chi connectivity index (χ0v) is 11.4. The number of fused-ring (bicyclic) bond motifs is 1. The molecule has 1 aliphatic rings. The lowest BCUT2D eigenvalue weighted by Crippen LogP contribution is -2.23. The normalized spacial score (nSPS) is 15.2. The number of amides is 1. The number of nitrogens with zero attached hydrogens (tertiary/aromatic N) is 1. The smallest absolute Gasteiger partial charge is 0.411 e. The van der Waals surface area contributed by atoms with Gasteiger partial charge >= 0.3 is 6.18 Å². The monoisotopic (exact) mass is 314 g/mol. The van der Waals surface area contributed by atoms with E-state index < -0.39 is 25.3 Å². The minimum Gasteiger partial charge on any atom is -0.440 e. The number of oxazole rings is 1. The molecule has 0 radical (unpaired) electrons. The number of carbonyl (C=O) groups is 1. The van der Waals surface area contributed by atoms with Crippen molar-refractivity contribution in [3.8, 4) is 0 Å². The van der Waals surface area contributed by atoms with Crippen LogP contribution in [-0.4, -0.2) is 30.3 Å². The van der Waals surface area contributed by atoms with E-state index in [9.17, 15) is 18.0 Å². The van der Waals surface area contributed by atoms with E-state index in [4.69, 9.17) is 4.42 Å². The van der Waals surface area contributed by atoms with Gasteiger partial charge in [0.2, 0.25) is 5.91 Å². The van der Waals surface area contributed by atoms with Gasteiger partial charge in [-0.2, -0.15) is 13.2 Å². The zero-order valence-electron chi connectivity index (χ0n) is 11.4. The SMILES string of the molecule is O=C(COCC(F)(F)F)Nc1ccc2nc(C3CC3)oc2c1. The van der Waals surface area contributed by atoms with Gasteiger partial charge in [0.25, 0.3) is 0 Å². The van der Waals surface area contributed by atoms with Crippen molar-refractivity contribution in [3.05, 3.63) is 24.1 Å². The fraction of sp³-hybridized carbons (Fsp3) is 0.429. The maximum Gasteiger partial charge on any atom is 0.411 e. The number of benzene rings is 1. The van der Waals surface area contributed by atoms with Gasteiger partial charge in [-0.3, -0.25) is 4.79 Å². The quantitative estimate of drug-likeness (QED) is 0.920. The molecule has 1 aliphatic carbocycles. The van der Waals surface area contributed by atoms with Crippen molar-refractivity contribution in [2.45, 2.75) is 24.9 Å². The Morgan fingerprint density at radius 3 is 2.86 bits per heavy atom. The number of aromatic nitrogens is 1. The molecule has 1 N–H and O–H groups in total. The summed E-state index contributed by atoms with van der Waals surface area (Å²) in [4.78, 5) is 15.9. The molecule has 22 heavy (non-hydrogen) atoms. The highest BCUT2D eigenvalue weighted by molar-refractivity contribution is 5.93. The summed E-state index contributed by atoms with van der Waals surface area (Å²) >= 11 is 0. The molecule has 1 saturated carbocycles. The summed E-state index contributed by atoms with van der Waals surface area (Å²) in [5.74, 6) is 0.402. The Balaban J connectivity index is 1.59. The largest absolute Gasteiger partial charge is 0.440 e. The molecule has 0 bridgehead atoms. The summed E-state index contributed by atoms with van der Waals surface area (Å²) in [6.45, 7) is -2.12. The maximum absolute atomic E-state index is 11.9. The summed E-state index contributed by atoms with van der Waals surface area (Å²) in [6.07, 6.45) is -2.32. The summed E-state index contributed by atoms with van der Waals surface area (Å²) in [5, 5.41) is 2.46. The average molecular weight is 314 g/mol. The van der Waals surface area contributed by atoms with Crippen LogP contribution < -0.4 is 5.32 Å². The number of halogens is 3. The van der Waals surface area contributed by atoms with E-state index in [1.165, 1.54) is 0 Å². The van der Waals surface area contributed by atoms with Gasteiger partial charge in [-0.05, 0) is 25.0 Å². The molecular weight excluding hydrogens is 301 g/mol. The van der Waals surface area contributed by atoms with Crippen molar-refractivity contribution < 1.29 is 27.1 Å². The third-order valence-electron chi connectivity index (χ3n) is 3.11. The van der Waals surface area contributed by atoms with E-state index in [-0.39, 0.29) is 0 Å². The fourth-order valence-electron chi connectivity index (χ4n) is 1.98. The Labute approximate surface area is 123 Å². The van der Waals surface area contributed by atoms with Crippen LogP contribution in [0.4, 0.5) is 18.9 Å². The molecule has 0 spiro atoms. The molecule has 118 valence electrons. The highest BCUT2D eigenvalue weighted by Crippen LogP contribution is 2.40. The van der Waals surface area contributed by atoms with E-state index in [2.05, 4.69) is 15.0 Å². The Hall–Kier alpha value is -2.09. The van der Waals surface area contributed by atoms with Crippen LogP contribution in [0.3, 0.4) is 0 Å². The highest BCUT2D eigenvalue weighted by atomic mass is 19.4. The van der Waals surface area contributed by atoms with Crippen LogP contribution >= 0.6 is 0 Å². The van der Waals surface area contributed by atoms with Gasteiger partial charge < -0.3 is 14.5 Å². The number of nitrogens with one attached hydrogen (secondary N) is 1. The summed E-state index contributed by atoms with van der Waals surface area (Å²) < 4.78 is 45.6. The van der Waals surface area contributed by atoms with E-state index in [1.807, 2.05) is 0 Å². The fourth-order valence-corrected chi connectivity index (χ4v) is 1.98. The molecule has 0 saturated heterocycles. The number of hydrogen-bond acceptors (Lipinski definition) is 4. The van der Waals surface area contributed by atoms with Gasteiger partial charge in [0.15, 0.2) is 11.5 Å². The van der Waals surface area contributed by atoms with E-state index >= 15 is 0 Å². The summed E-state index contributed by atoms with van der Waals surface area (Å²) in [6, 6.07) is 4.90. The zero-order chi connectivity index (χ0) is 15.7. The Morgan fingerprint density at radius 2 is 2.18 bits per heavy atom. The molecule has 1 aromatic carbocycles. The molecule has 1 heterocycles. The molecule has 1 amide bonds. The minimum absolute atomic E-state index is 0.376. The van der Waals surface area contributed by atoms with Gasteiger partial charge in [-0.1, -0.05) is 0 Å². The van der Waals surface area contributed by atoms with Crippen molar-refractivity contribution in [1.29, 1.82) is 0 Å². The molecule has 3 rings (SSSR count). The number of ether oxygens (including phenoxy) is 1. The second-order valence-corrected chi connectivity index (χ2v) is 5.17. The standard InChI is InChI=1S/C14H13F3N2O3/c15-14(16,17)7-21-6-12(20)18-9-3-4-10-11(5-9)22-13(19-10)8-1-2-8/h3-5,8H,1-2,6-7H2,(H,18,20). The van der Waals surface area contributed by atoms with Gasteiger partial charge in [0.05, 0.1) is 0 Å². The van der Waals surface area contributed by atoms with Gasteiger partial charge in [0, 0.05) is 17.7 Å². The topological polar surface area (TPSA) is 64.4 Å². The van der Waals surface area contributed by atoms with Crippen molar-refractivity contribution in [3.63, 3.8) is 0 Å². The van der Waals surface area contributed by atoms with Gasteiger partial charge in [-0.25, -0.2) is 4.98 Å². The lowest BCUT2D eigenvalue weighted by Gasteiger charge is -2.08. The van der Waals surface area contributed by atoms with Gasteiger partial charge in [-0.15, -0.1) is 0 Å². The lowest BCUT2D eigenvalue weighted by atomic mass is 10.3. The van der Waals surface area contributed by atoms with Crippen molar-refractivity contribution in [1.82, 2.24) is 4.98 Å². The number of hydrogen-bond donors (Lipinski definition) is 1. The van der Waals surface area contributed by atoms with Crippen molar-refractivity contribution in [2.75, 3.05) is 18.5 Å². The van der Waals surface area contributed by atoms with Crippen LogP contribution in [0.5, 0.6) is 0 Å². The molecule has 5 nitrogen and oxygen atoms in total. The number of carbonyl (C=O) groups excluding carboxylic acids is 1. The molecule has 8 heteroatoms. The molecular formula is C14H13F3N2O3. The lowest BCUT2D eigenvalue weighted by molar-refractivity contribution is -0.174.